The van der Waals surface area contributed by atoms with Crippen molar-refractivity contribution in [3.8, 4) is 0 Å². The second kappa shape index (κ2) is 4.15. The molecule has 5 heteroatoms. The molecule has 0 saturated heterocycles. The van der Waals surface area contributed by atoms with E-state index in [1.807, 2.05) is 6.07 Å². The van der Waals surface area contributed by atoms with Crippen LogP contribution in [0.2, 0.25) is 0 Å². The number of hydrogen-bond acceptors (Lipinski definition) is 4. The van der Waals surface area contributed by atoms with Crippen LogP contribution in [-0.4, -0.2) is 14.5 Å². The van der Waals surface area contributed by atoms with E-state index in [0.29, 0.717) is 10.5 Å². The highest BCUT2D eigenvalue weighted by molar-refractivity contribution is 7.94. The average Bonchev–Trinajstić information content (AvgIpc) is 2.96. The Balaban J connectivity index is 2.13. The molecule has 98 valence electrons. The summed E-state index contributed by atoms with van der Waals surface area (Å²) < 4.78 is 23.4. The summed E-state index contributed by atoms with van der Waals surface area (Å²) >= 11 is 0. The fourth-order valence-corrected chi connectivity index (χ4v) is 4.16. The monoisotopic (exact) mass is 275 g/mol. The van der Waals surface area contributed by atoms with Gasteiger partial charge in [0.2, 0.25) is 6.08 Å². The van der Waals surface area contributed by atoms with Crippen molar-refractivity contribution >= 4 is 22.0 Å². The number of fused-ring (bicyclic) bond motifs is 1. The molecule has 1 aromatic carbocycles. The summed E-state index contributed by atoms with van der Waals surface area (Å²) in [4.78, 5) is 15.0. The van der Waals surface area contributed by atoms with Crippen molar-refractivity contribution in [3.05, 3.63) is 34.7 Å². The SMILES string of the molecule is O=C=NC1(c2ccc3c(c2)C=CS3(=O)=O)CCCC1. The molecule has 0 N–H and O–H groups in total. The predicted octanol–water partition coefficient (Wildman–Crippen LogP) is 2.55. The summed E-state index contributed by atoms with van der Waals surface area (Å²) in [5.41, 5.74) is 1.09. The summed E-state index contributed by atoms with van der Waals surface area (Å²) in [7, 11) is -3.27. The van der Waals surface area contributed by atoms with Crippen LogP contribution < -0.4 is 0 Å². The zero-order chi connectivity index (χ0) is 13.5. The third kappa shape index (κ3) is 1.86. The van der Waals surface area contributed by atoms with Gasteiger partial charge in [0.1, 0.15) is 0 Å². The summed E-state index contributed by atoms with van der Waals surface area (Å²) in [5, 5.41) is 1.21. The molecule has 0 spiro atoms. The zero-order valence-electron chi connectivity index (χ0n) is 10.3. The summed E-state index contributed by atoms with van der Waals surface area (Å²) in [6.45, 7) is 0. The second-order valence-electron chi connectivity index (χ2n) is 5.04. The summed E-state index contributed by atoms with van der Waals surface area (Å²) in [6.07, 6.45) is 6.95. The Bertz CT molecular complexity index is 706. The Morgan fingerprint density at radius 2 is 1.95 bits per heavy atom. The normalized spacial score (nSPS) is 21.9. The molecule has 1 fully saturated rings. The van der Waals surface area contributed by atoms with E-state index in [2.05, 4.69) is 4.99 Å². The molecule has 4 nitrogen and oxygen atoms in total. The van der Waals surface area contributed by atoms with E-state index in [-0.39, 0.29) is 0 Å². The molecule has 1 aliphatic heterocycles. The van der Waals surface area contributed by atoms with E-state index < -0.39 is 15.4 Å². The Morgan fingerprint density at radius 3 is 2.63 bits per heavy atom. The molecule has 3 rings (SSSR count). The van der Waals surface area contributed by atoms with E-state index in [1.165, 1.54) is 5.41 Å². The first kappa shape index (κ1) is 12.3. The van der Waals surface area contributed by atoms with Crippen molar-refractivity contribution in [2.24, 2.45) is 4.99 Å². The summed E-state index contributed by atoms with van der Waals surface area (Å²) in [6, 6.07) is 5.22. The van der Waals surface area contributed by atoms with E-state index in [0.717, 1.165) is 31.2 Å². The van der Waals surface area contributed by atoms with Gasteiger partial charge in [-0.3, -0.25) is 0 Å². The van der Waals surface area contributed by atoms with Gasteiger partial charge in [-0.05, 0) is 42.2 Å². The van der Waals surface area contributed by atoms with Crippen LogP contribution in [0.15, 0.2) is 33.5 Å². The first-order valence-electron chi connectivity index (χ1n) is 6.24. The van der Waals surface area contributed by atoms with Crippen molar-refractivity contribution in [3.63, 3.8) is 0 Å². The van der Waals surface area contributed by atoms with Crippen LogP contribution in [0.3, 0.4) is 0 Å². The van der Waals surface area contributed by atoms with Crippen molar-refractivity contribution in [2.75, 3.05) is 0 Å². The highest BCUT2D eigenvalue weighted by Crippen LogP contribution is 2.43. The van der Waals surface area contributed by atoms with Crippen molar-refractivity contribution in [1.29, 1.82) is 0 Å². The second-order valence-corrected chi connectivity index (χ2v) is 6.84. The molecule has 0 bridgehead atoms. The van der Waals surface area contributed by atoms with Crippen LogP contribution in [-0.2, 0) is 20.2 Å². The Morgan fingerprint density at radius 1 is 1.21 bits per heavy atom. The minimum atomic E-state index is -3.27. The Hall–Kier alpha value is -1.71. The van der Waals surface area contributed by atoms with E-state index in [4.69, 9.17) is 0 Å². The van der Waals surface area contributed by atoms with Gasteiger partial charge in [0.15, 0.2) is 9.84 Å². The molecule has 19 heavy (non-hydrogen) atoms. The first-order chi connectivity index (χ1) is 9.07. The Labute approximate surface area is 111 Å². The number of hydrogen-bond donors (Lipinski definition) is 0. The lowest BCUT2D eigenvalue weighted by Gasteiger charge is -2.23. The number of benzene rings is 1. The lowest BCUT2D eigenvalue weighted by atomic mass is 9.88. The van der Waals surface area contributed by atoms with E-state index >= 15 is 0 Å². The van der Waals surface area contributed by atoms with Crippen molar-refractivity contribution < 1.29 is 13.2 Å². The lowest BCUT2D eigenvalue weighted by molar-refractivity contribution is 0.455. The number of rotatable bonds is 2. The Kier molecular flexibility index (Phi) is 2.69. The molecule has 1 saturated carbocycles. The maximum absolute atomic E-state index is 11.7. The molecule has 1 heterocycles. The average molecular weight is 275 g/mol. The van der Waals surface area contributed by atoms with E-state index in [1.54, 1.807) is 24.3 Å². The van der Waals surface area contributed by atoms with Gasteiger partial charge >= 0.3 is 0 Å². The molecule has 0 aromatic heterocycles. The summed E-state index contributed by atoms with van der Waals surface area (Å²) in [5.74, 6) is 0. The fraction of sp³-hybridized carbons (Fsp3) is 0.357. The molecule has 1 aromatic rings. The number of isocyanates is 1. The van der Waals surface area contributed by atoms with Crippen LogP contribution in [0.5, 0.6) is 0 Å². The molecule has 1 aliphatic carbocycles. The minimum Gasteiger partial charge on any atom is -0.219 e. The van der Waals surface area contributed by atoms with Gasteiger partial charge < -0.3 is 0 Å². The van der Waals surface area contributed by atoms with Crippen LogP contribution in [0.25, 0.3) is 6.08 Å². The smallest absolute Gasteiger partial charge is 0.219 e. The first-order valence-corrected chi connectivity index (χ1v) is 7.79. The van der Waals surface area contributed by atoms with Crippen molar-refractivity contribution in [1.82, 2.24) is 0 Å². The van der Waals surface area contributed by atoms with Crippen LogP contribution in [0, 0.1) is 0 Å². The van der Waals surface area contributed by atoms with Gasteiger partial charge in [-0.1, -0.05) is 18.9 Å². The minimum absolute atomic E-state index is 0.333. The van der Waals surface area contributed by atoms with Gasteiger partial charge in [-0.2, -0.15) is 4.99 Å². The predicted molar refractivity (Wildman–Crippen MR) is 70.9 cm³/mol. The largest absolute Gasteiger partial charge is 0.235 e. The topological polar surface area (TPSA) is 63.6 Å². The molecule has 0 amide bonds. The third-order valence-electron chi connectivity index (χ3n) is 3.97. The molecular formula is C14H13NO3S. The molecule has 2 aliphatic rings. The lowest BCUT2D eigenvalue weighted by Crippen LogP contribution is -2.19. The highest BCUT2D eigenvalue weighted by atomic mass is 32.2. The molecular weight excluding hydrogens is 262 g/mol. The van der Waals surface area contributed by atoms with Gasteiger partial charge in [0.05, 0.1) is 10.4 Å². The zero-order valence-corrected chi connectivity index (χ0v) is 11.1. The van der Waals surface area contributed by atoms with Crippen LogP contribution in [0.1, 0.15) is 36.8 Å². The van der Waals surface area contributed by atoms with Crippen molar-refractivity contribution in [2.45, 2.75) is 36.1 Å². The number of aliphatic imine (C=N–C) groups is 1. The van der Waals surface area contributed by atoms with Gasteiger partial charge in [-0.15, -0.1) is 0 Å². The highest BCUT2D eigenvalue weighted by Gasteiger charge is 2.36. The standard InChI is InChI=1S/C14H13NO3S/c16-10-15-14(6-1-2-7-14)12-3-4-13-11(9-12)5-8-19(13,17)18/h3-5,8-9H,1-2,6-7H2. The van der Waals surface area contributed by atoms with Crippen LogP contribution >= 0.6 is 0 Å². The maximum Gasteiger partial charge on any atom is 0.235 e. The van der Waals surface area contributed by atoms with Gasteiger partial charge in [-0.25, -0.2) is 13.2 Å². The molecule has 0 atom stereocenters. The molecule has 0 unspecified atom stereocenters. The fourth-order valence-electron chi connectivity index (χ4n) is 2.98. The van der Waals surface area contributed by atoms with E-state index in [9.17, 15) is 13.2 Å². The number of carbonyl (C=O) groups excluding carboxylic acids is 1. The van der Waals surface area contributed by atoms with Crippen LogP contribution in [0.4, 0.5) is 0 Å². The number of nitrogens with zero attached hydrogens (tertiary/aromatic N) is 1. The number of sulfone groups is 1. The van der Waals surface area contributed by atoms with Gasteiger partial charge in [0.25, 0.3) is 0 Å². The molecule has 0 radical (unpaired) electrons. The quantitative estimate of drug-likeness (QED) is 0.615. The maximum atomic E-state index is 11.7. The van der Waals surface area contributed by atoms with Gasteiger partial charge in [0, 0.05) is 5.41 Å². The third-order valence-corrected chi connectivity index (χ3v) is 5.45.